The first-order valence-corrected chi connectivity index (χ1v) is 6.39. The van der Waals surface area contributed by atoms with E-state index in [-0.39, 0.29) is 11.7 Å². The van der Waals surface area contributed by atoms with Gasteiger partial charge in [-0.1, -0.05) is 12.1 Å². The van der Waals surface area contributed by atoms with Crippen LogP contribution in [0.1, 0.15) is 10.4 Å². The molecule has 1 aromatic heterocycles. The number of hydrogen-bond donors (Lipinski definition) is 2. The first-order valence-electron chi connectivity index (χ1n) is 6.39. The van der Waals surface area contributed by atoms with Crippen molar-refractivity contribution in [2.75, 3.05) is 5.32 Å². The number of H-pyrrole nitrogens is 1. The quantitative estimate of drug-likeness (QED) is 0.772. The minimum atomic E-state index is -0.337. The summed E-state index contributed by atoms with van der Waals surface area (Å²) in [6.07, 6.45) is 3.41. The molecule has 3 rings (SSSR count). The summed E-state index contributed by atoms with van der Waals surface area (Å²) in [6, 6.07) is 12.7. The molecule has 4 nitrogen and oxygen atoms in total. The topological polar surface area (TPSA) is 57.8 Å². The number of aromatic amines is 1. The summed E-state index contributed by atoms with van der Waals surface area (Å²) in [7, 11) is 0. The summed E-state index contributed by atoms with van der Waals surface area (Å²) >= 11 is 0. The molecule has 1 heterocycles. The Morgan fingerprint density at radius 2 is 1.76 bits per heavy atom. The number of amides is 1. The number of carbonyl (C=O) groups excluding carboxylic acids is 1. The van der Waals surface area contributed by atoms with Crippen molar-refractivity contribution in [3.63, 3.8) is 0 Å². The molecule has 0 saturated carbocycles. The van der Waals surface area contributed by atoms with Gasteiger partial charge < -0.3 is 10.3 Å². The highest BCUT2D eigenvalue weighted by atomic mass is 19.1. The molecule has 0 radical (unpaired) electrons. The standard InChI is InChI=1S/C16H12FN3O/c17-13-5-7-14(8-6-13)20-16(21)12-3-1-11(2-4-12)15-18-9-10-19-15/h1-10H,(H,18,19)(H,20,21). The molecule has 5 heteroatoms. The predicted octanol–water partition coefficient (Wildman–Crippen LogP) is 3.47. The van der Waals surface area contributed by atoms with Gasteiger partial charge in [0, 0.05) is 29.2 Å². The lowest BCUT2D eigenvalue weighted by molar-refractivity contribution is 0.102. The number of benzene rings is 2. The van der Waals surface area contributed by atoms with Crippen LogP contribution in [0.4, 0.5) is 10.1 Å². The van der Waals surface area contributed by atoms with Gasteiger partial charge in [-0.15, -0.1) is 0 Å². The molecular formula is C16H12FN3O. The summed E-state index contributed by atoms with van der Waals surface area (Å²) in [6.45, 7) is 0. The lowest BCUT2D eigenvalue weighted by atomic mass is 10.1. The molecule has 1 amide bonds. The number of rotatable bonds is 3. The Balaban J connectivity index is 1.74. The summed E-state index contributed by atoms with van der Waals surface area (Å²) in [5, 5.41) is 2.71. The maximum atomic E-state index is 12.8. The third-order valence-corrected chi connectivity index (χ3v) is 3.02. The van der Waals surface area contributed by atoms with Gasteiger partial charge in [0.1, 0.15) is 11.6 Å². The molecule has 0 aliphatic heterocycles. The van der Waals surface area contributed by atoms with Crippen LogP contribution in [0.2, 0.25) is 0 Å². The average molecular weight is 281 g/mol. The number of anilines is 1. The van der Waals surface area contributed by atoms with E-state index in [0.29, 0.717) is 11.3 Å². The third-order valence-electron chi connectivity index (χ3n) is 3.02. The number of hydrogen-bond acceptors (Lipinski definition) is 2. The van der Waals surface area contributed by atoms with Crippen LogP contribution in [0, 0.1) is 5.82 Å². The summed E-state index contributed by atoms with van der Waals surface area (Å²) in [5.74, 6) is 0.170. The molecule has 21 heavy (non-hydrogen) atoms. The van der Waals surface area contributed by atoms with Gasteiger partial charge in [0.25, 0.3) is 5.91 Å². The summed E-state index contributed by atoms with van der Waals surface area (Å²) in [5.41, 5.74) is 1.98. The molecule has 0 fully saturated rings. The zero-order valence-electron chi connectivity index (χ0n) is 11.0. The molecule has 0 bridgehead atoms. The maximum Gasteiger partial charge on any atom is 0.255 e. The molecule has 104 valence electrons. The Bertz CT molecular complexity index is 734. The number of aromatic nitrogens is 2. The van der Waals surface area contributed by atoms with E-state index in [9.17, 15) is 9.18 Å². The van der Waals surface area contributed by atoms with Gasteiger partial charge in [-0.2, -0.15) is 0 Å². The number of nitrogens with one attached hydrogen (secondary N) is 2. The maximum absolute atomic E-state index is 12.8. The minimum Gasteiger partial charge on any atom is -0.345 e. The summed E-state index contributed by atoms with van der Waals surface area (Å²) in [4.78, 5) is 19.2. The minimum absolute atomic E-state index is 0.243. The van der Waals surface area contributed by atoms with Crippen LogP contribution in [0.15, 0.2) is 60.9 Å². The highest BCUT2D eigenvalue weighted by Crippen LogP contribution is 2.16. The molecule has 3 aromatic rings. The first kappa shape index (κ1) is 13.1. The molecule has 0 saturated heterocycles. The van der Waals surface area contributed by atoms with Gasteiger partial charge in [0.15, 0.2) is 0 Å². The van der Waals surface area contributed by atoms with Gasteiger partial charge in [0.2, 0.25) is 0 Å². The third kappa shape index (κ3) is 2.97. The molecule has 0 aliphatic carbocycles. The predicted molar refractivity (Wildman–Crippen MR) is 78.4 cm³/mol. The van der Waals surface area contributed by atoms with E-state index in [4.69, 9.17) is 0 Å². The summed E-state index contributed by atoms with van der Waals surface area (Å²) < 4.78 is 12.8. The molecule has 0 aliphatic rings. The van der Waals surface area contributed by atoms with E-state index < -0.39 is 0 Å². The first-order chi connectivity index (χ1) is 10.2. The molecule has 0 atom stereocenters. The van der Waals surface area contributed by atoms with Crippen molar-refractivity contribution >= 4 is 11.6 Å². The van der Waals surface area contributed by atoms with Crippen LogP contribution < -0.4 is 5.32 Å². The van der Waals surface area contributed by atoms with Gasteiger partial charge in [-0.25, -0.2) is 9.37 Å². The molecular weight excluding hydrogens is 269 g/mol. The normalized spacial score (nSPS) is 10.3. The van der Waals surface area contributed by atoms with Crippen molar-refractivity contribution in [1.82, 2.24) is 9.97 Å². The average Bonchev–Trinajstić information content (AvgIpc) is 3.04. The fourth-order valence-corrected chi connectivity index (χ4v) is 1.94. The Hall–Kier alpha value is -2.95. The Morgan fingerprint density at radius 3 is 2.38 bits per heavy atom. The largest absolute Gasteiger partial charge is 0.345 e. The Kier molecular flexibility index (Phi) is 3.47. The van der Waals surface area contributed by atoms with Crippen LogP contribution in [0.3, 0.4) is 0 Å². The number of halogens is 1. The smallest absolute Gasteiger partial charge is 0.255 e. The van der Waals surface area contributed by atoms with E-state index in [1.807, 2.05) is 12.1 Å². The molecule has 2 aromatic carbocycles. The van der Waals surface area contributed by atoms with Gasteiger partial charge in [0.05, 0.1) is 0 Å². The SMILES string of the molecule is O=C(Nc1ccc(F)cc1)c1ccc(-c2ncc[nH]2)cc1. The Labute approximate surface area is 120 Å². The van der Waals surface area contributed by atoms with Crippen molar-refractivity contribution in [3.8, 4) is 11.4 Å². The van der Waals surface area contributed by atoms with Crippen LogP contribution in [-0.2, 0) is 0 Å². The van der Waals surface area contributed by atoms with Crippen LogP contribution in [-0.4, -0.2) is 15.9 Å². The fraction of sp³-hybridized carbons (Fsp3) is 0. The Morgan fingerprint density at radius 1 is 1.05 bits per heavy atom. The van der Waals surface area contributed by atoms with Crippen molar-refractivity contribution < 1.29 is 9.18 Å². The molecule has 2 N–H and O–H groups in total. The van der Waals surface area contributed by atoms with Crippen LogP contribution >= 0.6 is 0 Å². The number of nitrogens with zero attached hydrogens (tertiary/aromatic N) is 1. The molecule has 0 spiro atoms. The number of imidazole rings is 1. The second kappa shape index (κ2) is 5.58. The zero-order valence-corrected chi connectivity index (χ0v) is 11.0. The van der Waals surface area contributed by atoms with Crippen molar-refractivity contribution in [1.29, 1.82) is 0 Å². The van der Waals surface area contributed by atoms with E-state index >= 15 is 0 Å². The fourth-order valence-electron chi connectivity index (χ4n) is 1.94. The lowest BCUT2D eigenvalue weighted by Gasteiger charge is -2.05. The molecule has 0 unspecified atom stereocenters. The second-order valence-electron chi connectivity index (χ2n) is 4.48. The monoisotopic (exact) mass is 281 g/mol. The number of carbonyl (C=O) groups is 1. The van der Waals surface area contributed by atoms with Crippen LogP contribution in [0.5, 0.6) is 0 Å². The zero-order chi connectivity index (χ0) is 14.7. The van der Waals surface area contributed by atoms with E-state index in [1.54, 1.807) is 24.5 Å². The second-order valence-corrected chi connectivity index (χ2v) is 4.48. The van der Waals surface area contributed by atoms with Crippen molar-refractivity contribution in [3.05, 3.63) is 72.3 Å². The van der Waals surface area contributed by atoms with Crippen LogP contribution in [0.25, 0.3) is 11.4 Å². The van der Waals surface area contributed by atoms with Gasteiger partial charge >= 0.3 is 0 Å². The van der Waals surface area contributed by atoms with E-state index in [2.05, 4.69) is 15.3 Å². The van der Waals surface area contributed by atoms with Gasteiger partial charge in [-0.05, 0) is 36.4 Å². The van der Waals surface area contributed by atoms with Crippen molar-refractivity contribution in [2.24, 2.45) is 0 Å². The van der Waals surface area contributed by atoms with Gasteiger partial charge in [-0.3, -0.25) is 4.79 Å². The highest BCUT2D eigenvalue weighted by molar-refractivity contribution is 6.04. The van der Waals surface area contributed by atoms with E-state index in [1.165, 1.54) is 24.3 Å². The lowest BCUT2D eigenvalue weighted by Crippen LogP contribution is -2.11. The van der Waals surface area contributed by atoms with E-state index in [0.717, 1.165) is 11.4 Å². The highest BCUT2D eigenvalue weighted by Gasteiger charge is 2.07. The van der Waals surface area contributed by atoms with Crippen molar-refractivity contribution in [2.45, 2.75) is 0 Å².